The molecule has 0 radical (unpaired) electrons. The van der Waals surface area contributed by atoms with E-state index in [4.69, 9.17) is 9.05 Å². The molecule has 8 nitrogen and oxygen atoms in total. The van der Waals surface area contributed by atoms with E-state index in [0.717, 1.165) is 70.6 Å². The molecule has 0 aromatic carbocycles. The van der Waals surface area contributed by atoms with Gasteiger partial charge in [-0.2, -0.15) is 0 Å². The van der Waals surface area contributed by atoms with E-state index in [1.807, 2.05) is 27.2 Å². The van der Waals surface area contributed by atoms with Gasteiger partial charge >= 0.3 is 0 Å². The van der Waals surface area contributed by atoms with Gasteiger partial charge in [0.2, 0.25) is 5.91 Å². The van der Waals surface area contributed by atoms with E-state index < -0.39 is 26.6 Å². The molecule has 0 spiro atoms. The minimum absolute atomic E-state index is 0.0271. The fraction of sp³-hybridized carbons (Fsp3) is 0.638. The van der Waals surface area contributed by atoms with Gasteiger partial charge < -0.3 is 28.8 Å². The van der Waals surface area contributed by atoms with Crippen LogP contribution in [0.3, 0.4) is 0 Å². The molecule has 0 rings (SSSR count). The molecule has 0 fully saturated rings. The van der Waals surface area contributed by atoms with Gasteiger partial charge in [0.25, 0.3) is 7.82 Å². The van der Waals surface area contributed by atoms with Crippen molar-refractivity contribution in [3.05, 3.63) is 122 Å². The van der Waals surface area contributed by atoms with Crippen molar-refractivity contribution in [3.8, 4) is 0 Å². The standard InChI is InChI=1S/C58H99N2O6P/c1-6-8-10-12-14-16-18-20-22-24-26-28-30-32-34-36-38-40-42-44-46-48-50-52-58(62)59-56(55-66-67(63,64)65-54-53-60(3,4)5)57(61)51-49-47-45-43-41-39-37-35-33-31-29-27-25-23-21-19-17-15-13-11-9-7-2/h8,10,14,16,20,22,26,28,32-35,38,40-41,43-44,46,49,51,56-57,61H,6-7,9,11-13,15,17-19,21,23-25,27,29-31,36-37,39,42,45,47-48,50,52-55H2,1-5H3,(H-,59,62,63,64)/b10-8-,16-14-,22-20-,28-26-,34-32-,35-33+,40-38-,43-41+,46-44-,51-49+. The first-order chi connectivity index (χ1) is 32.5. The predicted octanol–water partition coefficient (Wildman–Crippen LogP) is 15.2. The number of phosphoric ester groups is 1. The van der Waals surface area contributed by atoms with Gasteiger partial charge in [-0.3, -0.25) is 9.36 Å². The Morgan fingerprint density at radius 3 is 1.39 bits per heavy atom. The molecule has 0 bridgehead atoms. The lowest BCUT2D eigenvalue weighted by Gasteiger charge is -2.29. The summed E-state index contributed by atoms with van der Waals surface area (Å²) in [7, 11) is 1.18. The Labute approximate surface area is 412 Å². The summed E-state index contributed by atoms with van der Waals surface area (Å²) in [5.74, 6) is -0.274. The van der Waals surface area contributed by atoms with Crippen LogP contribution in [0.15, 0.2) is 122 Å². The Kier molecular flexibility index (Phi) is 45.7. The molecule has 0 aliphatic carbocycles. The molecule has 0 aliphatic heterocycles. The van der Waals surface area contributed by atoms with Crippen LogP contribution in [0.1, 0.15) is 187 Å². The molecule has 0 aromatic heterocycles. The number of nitrogens with zero attached hydrogens (tertiary/aromatic N) is 1. The van der Waals surface area contributed by atoms with Crippen molar-refractivity contribution in [1.82, 2.24) is 5.32 Å². The summed E-state index contributed by atoms with van der Waals surface area (Å²) in [6, 6.07) is -0.950. The second kappa shape index (κ2) is 47.9. The second-order valence-corrected chi connectivity index (χ2v) is 19.9. The van der Waals surface area contributed by atoms with Crippen LogP contribution in [0.25, 0.3) is 0 Å². The van der Waals surface area contributed by atoms with E-state index in [0.29, 0.717) is 23.9 Å². The topological polar surface area (TPSA) is 108 Å². The smallest absolute Gasteiger partial charge is 0.268 e. The molecule has 1 amide bonds. The van der Waals surface area contributed by atoms with E-state index in [1.165, 1.54) is 83.5 Å². The molecule has 0 heterocycles. The molecule has 0 saturated heterocycles. The number of aliphatic hydroxyl groups excluding tert-OH is 1. The number of aliphatic hydroxyl groups is 1. The van der Waals surface area contributed by atoms with Crippen molar-refractivity contribution in [2.75, 3.05) is 40.9 Å². The highest BCUT2D eigenvalue weighted by molar-refractivity contribution is 7.45. The fourth-order valence-corrected chi connectivity index (χ4v) is 7.48. The first-order valence-electron chi connectivity index (χ1n) is 26.4. The Morgan fingerprint density at radius 1 is 0.537 bits per heavy atom. The monoisotopic (exact) mass is 951 g/mol. The maximum Gasteiger partial charge on any atom is 0.268 e. The quantitative estimate of drug-likeness (QED) is 0.0272. The van der Waals surface area contributed by atoms with Gasteiger partial charge in [-0.05, 0) is 96.3 Å². The Balaban J connectivity index is 4.52. The number of rotatable bonds is 46. The zero-order chi connectivity index (χ0) is 49.2. The molecule has 67 heavy (non-hydrogen) atoms. The van der Waals surface area contributed by atoms with Gasteiger partial charge in [-0.15, -0.1) is 0 Å². The highest BCUT2D eigenvalue weighted by Crippen LogP contribution is 2.38. The summed E-state index contributed by atoms with van der Waals surface area (Å²) in [5.41, 5.74) is 0. The van der Waals surface area contributed by atoms with Crippen LogP contribution in [-0.2, 0) is 18.4 Å². The van der Waals surface area contributed by atoms with E-state index >= 15 is 0 Å². The van der Waals surface area contributed by atoms with Crippen molar-refractivity contribution in [1.29, 1.82) is 0 Å². The third-order valence-electron chi connectivity index (χ3n) is 10.9. The molecule has 9 heteroatoms. The largest absolute Gasteiger partial charge is 0.756 e. The molecule has 3 atom stereocenters. The van der Waals surface area contributed by atoms with E-state index in [-0.39, 0.29) is 18.9 Å². The van der Waals surface area contributed by atoms with Crippen LogP contribution >= 0.6 is 7.82 Å². The third-order valence-corrected chi connectivity index (χ3v) is 11.8. The number of nitrogens with one attached hydrogen (secondary N) is 1. The number of carbonyl (C=O) groups is 1. The number of allylic oxidation sites excluding steroid dienone is 19. The van der Waals surface area contributed by atoms with Gasteiger partial charge in [0.15, 0.2) is 0 Å². The lowest BCUT2D eigenvalue weighted by molar-refractivity contribution is -0.870. The normalized spacial score (nSPS) is 15.0. The number of phosphoric acid groups is 1. The summed E-state index contributed by atoms with van der Waals surface area (Å²) in [6.07, 6.45) is 71.3. The van der Waals surface area contributed by atoms with Crippen LogP contribution in [0.4, 0.5) is 0 Å². The summed E-state index contributed by atoms with van der Waals surface area (Å²) in [5, 5.41) is 13.8. The SMILES string of the molecule is CC/C=C\C/C=C\C/C=C\C/C=C\C/C=C\C/C=C\C/C=C\CCCC(=O)NC(COP(=O)([O-])OCC[N+](C)(C)C)C(O)/C=C/CC/C=C/CC/C=C/CCCCCCCCCCCCCC. The number of amides is 1. The van der Waals surface area contributed by atoms with Crippen molar-refractivity contribution >= 4 is 13.7 Å². The summed E-state index contributed by atoms with van der Waals surface area (Å²) in [6.45, 7) is 4.44. The molecular formula is C58H99N2O6P. The zero-order valence-corrected chi connectivity index (χ0v) is 44.2. The van der Waals surface area contributed by atoms with Gasteiger partial charge in [0, 0.05) is 6.42 Å². The maximum atomic E-state index is 12.9. The average molecular weight is 951 g/mol. The Hall–Kier alpha value is -3.10. The fourth-order valence-electron chi connectivity index (χ4n) is 6.76. The van der Waals surface area contributed by atoms with E-state index in [1.54, 1.807) is 6.08 Å². The maximum absolute atomic E-state index is 12.9. The van der Waals surface area contributed by atoms with Crippen molar-refractivity contribution in [2.45, 2.75) is 199 Å². The first kappa shape index (κ1) is 63.9. The van der Waals surface area contributed by atoms with Crippen LogP contribution in [0.5, 0.6) is 0 Å². The highest BCUT2D eigenvalue weighted by Gasteiger charge is 2.23. The average Bonchev–Trinajstić information content (AvgIpc) is 3.29. The van der Waals surface area contributed by atoms with Crippen LogP contribution in [0, 0.1) is 0 Å². The number of hydrogen-bond donors (Lipinski definition) is 2. The second-order valence-electron chi connectivity index (χ2n) is 18.5. The van der Waals surface area contributed by atoms with Crippen molar-refractivity contribution < 1.29 is 32.9 Å². The minimum atomic E-state index is -4.63. The predicted molar refractivity (Wildman–Crippen MR) is 288 cm³/mol. The number of likely N-dealkylation sites (N-methyl/N-ethyl adjacent to an activating group) is 1. The molecule has 0 saturated carbocycles. The highest BCUT2D eigenvalue weighted by atomic mass is 31.2. The molecule has 0 aliphatic rings. The van der Waals surface area contributed by atoms with Gasteiger partial charge in [0.1, 0.15) is 13.2 Å². The summed E-state index contributed by atoms with van der Waals surface area (Å²) in [4.78, 5) is 25.4. The van der Waals surface area contributed by atoms with Gasteiger partial charge in [0.05, 0.1) is 39.9 Å². The third kappa shape index (κ3) is 50.6. The van der Waals surface area contributed by atoms with Crippen molar-refractivity contribution in [2.24, 2.45) is 0 Å². The lowest BCUT2D eigenvalue weighted by atomic mass is 10.0. The summed E-state index contributed by atoms with van der Waals surface area (Å²) >= 11 is 0. The summed E-state index contributed by atoms with van der Waals surface area (Å²) < 4.78 is 23.2. The molecule has 382 valence electrons. The lowest BCUT2D eigenvalue weighted by Crippen LogP contribution is -2.45. The molecule has 3 unspecified atom stereocenters. The minimum Gasteiger partial charge on any atom is -0.756 e. The number of hydrogen-bond acceptors (Lipinski definition) is 6. The van der Waals surface area contributed by atoms with Crippen LogP contribution in [-0.4, -0.2) is 68.5 Å². The molecular weight excluding hydrogens is 852 g/mol. The first-order valence-corrected chi connectivity index (χ1v) is 27.9. The van der Waals surface area contributed by atoms with Crippen LogP contribution in [0.2, 0.25) is 0 Å². The number of carbonyl (C=O) groups excluding carboxylic acids is 1. The number of unbranched alkanes of at least 4 members (excludes halogenated alkanes) is 15. The van der Waals surface area contributed by atoms with Crippen LogP contribution < -0.4 is 10.2 Å². The zero-order valence-electron chi connectivity index (χ0n) is 43.3. The van der Waals surface area contributed by atoms with Gasteiger partial charge in [-0.25, -0.2) is 0 Å². The molecule has 0 aromatic rings. The number of quaternary nitrogens is 1. The van der Waals surface area contributed by atoms with E-state index in [2.05, 4.69) is 129 Å². The van der Waals surface area contributed by atoms with Crippen molar-refractivity contribution in [3.63, 3.8) is 0 Å². The molecule has 2 N–H and O–H groups in total. The Morgan fingerprint density at radius 2 is 0.925 bits per heavy atom. The van der Waals surface area contributed by atoms with E-state index in [9.17, 15) is 19.4 Å². The Bertz CT molecular complexity index is 1500. The van der Waals surface area contributed by atoms with Gasteiger partial charge in [-0.1, -0.05) is 206 Å².